The molecule has 0 amide bonds. The highest BCUT2D eigenvalue weighted by Crippen LogP contribution is 2.21. The van der Waals surface area contributed by atoms with Gasteiger partial charge in [-0.3, -0.25) is 0 Å². The van der Waals surface area contributed by atoms with Crippen LogP contribution in [0.25, 0.3) is 0 Å². The Morgan fingerprint density at radius 3 is 2.68 bits per heavy atom. The van der Waals surface area contributed by atoms with Crippen LogP contribution in [0.4, 0.5) is 17.5 Å². The van der Waals surface area contributed by atoms with Gasteiger partial charge in [-0.05, 0) is 35.1 Å². The maximum atomic E-state index is 4.43. The van der Waals surface area contributed by atoms with Crippen molar-refractivity contribution in [1.82, 2.24) is 15.3 Å². The van der Waals surface area contributed by atoms with Crippen molar-refractivity contribution in [3.63, 3.8) is 0 Å². The molecule has 0 aliphatic rings. The van der Waals surface area contributed by atoms with Crippen molar-refractivity contribution in [1.29, 1.82) is 0 Å². The van der Waals surface area contributed by atoms with Gasteiger partial charge in [0.2, 0.25) is 5.95 Å². The van der Waals surface area contributed by atoms with Crippen LogP contribution < -0.4 is 16.0 Å². The van der Waals surface area contributed by atoms with Crippen molar-refractivity contribution in [3.8, 4) is 0 Å². The number of benzene rings is 1. The predicted octanol–water partition coefficient (Wildman–Crippen LogP) is 2.61. The van der Waals surface area contributed by atoms with E-state index in [1.54, 1.807) is 6.20 Å². The number of likely N-dealkylation sites (N-methyl/N-ethyl adjacent to an activating group) is 1. The zero-order chi connectivity index (χ0) is 13.5. The quantitative estimate of drug-likeness (QED) is 0.714. The fourth-order valence-electron chi connectivity index (χ4n) is 1.51. The van der Waals surface area contributed by atoms with Gasteiger partial charge in [-0.15, -0.1) is 0 Å². The predicted molar refractivity (Wildman–Crippen MR) is 81.9 cm³/mol. The van der Waals surface area contributed by atoms with Crippen molar-refractivity contribution in [3.05, 3.63) is 41.0 Å². The average molecular weight is 322 g/mol. The van der Waals surface area contributed by atoms with E-state index in [0.717, 1.165) is 29.1 Å². The Balaban J connectivity index is 2.07. The lowest BCUT2D eigenvalue weighted by atomic mass is 10.3. The molecule has 1 aromatic heterocycles. The molecule has 3 N–H and O–H groups in total. The number of para-hydroxylation sites is 1. The first-order chi connectivity index (χ1) is 9.29. The van der Waals surface area contributed by atoms with E-state index in [1.165, 1.54) is 0 Å². The molecule has 5 nitrogen and oxygen atoms in total. The zero-order valence-electron chi connectivity index (χ0n) is 10.7. The second kappa shape index (κ2) is 7.06. The summed E-state index contributed by atoms with van der Waals surface area (Å²) in [6.07, 6.45) is 1.74. The Morgan fingerprint density at radius 2 is 1.95 bits per heavy atom. The lowest BCUT2D eigenvalue weighted by Crippen LogP contribution is -2.18. The minimum atomic E-state index is 0.571. The number of rotatable bonds is 6. The molecular weight excluding hydrogens is 306 g/mol. The normalized spacial score (nSPS) is 10.2. The molecule has 0 unspecified atom stereocenters. The van der Waals surface area contributed by atoms with Gasteiger partial charge in [0.05, 0.1) is 4.47 Å². The molecule has 0 radical (unpaired) electrons. The van der Waals surface area contributed by atoms with E-state index in [2.05, 4.69) is 41.8 Å². The van der Waals surface area contributed by atoms with Crippen molar-refractivity contribution >= 4 is 33.4 Å². The van der Waals surface area contributed by atoms with Crippen molar-refractivity contribution in [2.45, 2.75) is 0 Å². The van der Waals surface area contributed by atoms with Crippen LogP contribution in [0.2, 0.25) is 0 Å². The van der Waals surface area contributed by atoms with Crippen LogP contribution in [0.3, 0.4) is 0 Å². The molecule has 0 aliphatic carbocycles. The first-order valence-corrected chi connectivity index (χ1v) is 6.82. The third-order valence-electron chi connectivity index (χ3n) is 2.44. The van der Waals surface area contributed by atoms with Crippen LogP contribution in [-0.4, -0.2) is 30.1 Å². The summed E-state index contributed by atoms with van der Waals surface area (Å²) in [6.45, 7) is 1.68. The molecule has 19 heavy (non-hydrogen) atoms. The second-order valence-corrected chi connectivity index (χ2v) is 4.77. The average Bonchev–Trinajstić information content (AvgIpc) is 2.44. The number of nitrogens with zero attached hydrogens (tertiary/aromatic N) is 2. The van der Waals surface area contributed by atoms with Crippen molar-refractivity contribution in [2.75, 3.05) is 30.8 Å². The minimum Gasteiger partial charge on any atom is -0.368 e. The van der Waals surface area contributed by atoms with Crippen molar-refractivity contribution < 1.29 is 0 Å². The number of anilines is 3. The number of aromatic nitrogens is 2. The lowest BCUT2D eigenvalue weighted by molar-refractivity contribution is 0.820. The molecular formula is C13H16BrN5. The van der Waals surface area contributed by atoms with Gasteiger partial charge in [0.1, 0.15) is 5.82 Å². The molecule has 0 fully saturated rings. The van der Waals surface area contributed by atoms with Crippen LogP contribution in [0.15, 0.2) is 41.0 Å². The monoisotopic (exact) mass is 321 g/mol. The summed E-state index contributed by atoms with van der Waals surface area (Å²) in [5.41, 5.74) is 0.964. The highest BCUT2D eigenvalue weighted by molar-refractivity contribution is 9.10. The van der Waals surface area contributed by atoms with E-state index in [-0.39, 0.29) is 0 Å². The Bertz CT molecular complexity index is 518. The Morgan fingerprint density at radius 1 is 1.16 bits per heavy atom. The number of hydrogen-bond donors (Lipinski definition) is 3. The summed E-state index contributed by atoms with van der Waals surface area (Å²) in [6, 6.07) is 9.85. The van der Waals surface area contributed by atoms with Crippen molar-refractivity contribution in [2.24, 2.45) is 0 Å². The summed E-state index contributed by atoms with van der Waals surface area (Å²) in [5.74, 6) is 1.35. The van der Waals surface area contributed by atoms with Gasteiger partial charge in [-0.2, -0.15) is 4.98 Å². The highest BCUT2D eigenvalue weighted by Gasteiger charge is 2.04. The molecule has 0 saturated carbocycles. The van der Waals surface area contributed by atoms with Crippen LogP contribution in [0.5, 0.6) is 0 Å². The summed E-state index contributed by atoms with van der Waals surface area (Å²) >= 11 is 3.43. The summed E-state index contributed by atoms with van der Waals surface area (Å²) in [7, 11) is 1.92. The van der Waals surface area contributed by atoms with E-state index < -0.39 is 0 Å². The van der Waals surface area contributed by atoms with Gasteiger partial charge in [-0.25, -0.2) is 4.98 Å². The minimum absolute atomic E-state index is 0.571. The molecule has 0 aliphatic heterocycles. The van der Waals surface area contributed by atoms with Gasteiger partial charge in [0.25, 0.3) is 0 Å². The molecule has 1 heterocycles. The molecule has 2 aromatic rings. The topological polar surface area (TPSA) is 61.9 Å². The molecule has 0 atom stereocenters. The largest absolute Gasteiger partial charge is 0.368 e. The van der Waals surface area contributed by atoms with Crippen LogP contribution in [0.1, 0.15) is 0 Å². The molecule has 1 aromatic carbocycles. The van der Waals surface area contributed by atoms with E-state index in [9.17, 15) is 0 Å². The second-order valence-electron chi connectivity index (χ2n) is 3.91. The van der Waals surface area contributed by atoms with Gasteiger partial charge in [-0.1, -0.05) is 18.2 Å². The van der Waals surface area contributed by atoms with Gasteiger partial charge < -0.3 is 16.0 Å². The van der Waals surface area contributed by atoms with Gasteiger partial charge >= 0.3 is 0 Å². The molecule has 0 saturated heterocycles. The maximum absolute atomic E-state index is 4.43. The fraction of sp³-hybridized carbons (Fsp3) is 0.231. The van der Waals surface area contributed by atoms with E-state index in [0.29, 0.717) is 5.95 Å². The first kappa shape index (κ1) is 13.8. The number of nitrogens with one attached hydrogen (secondary N) is 3. The fourth-order valence-corrected chi connectivity index (χ4v) is 1.84. The lowest BCUT2D eigenvalue weighted by Gasteiger charge is -2.10. The van der Waals surface area contributed by atoms with E-state index >= 15 is 0 Å². The Hall–Kier alpha value is -1.66. The maximum Gasteiger partial charge on any atom is 0.229 e. The Kier molecular flexibility index (Phi) is 5.11. The van der Waals surface area contributed by atoms with E-state index in [4.69, 9.17) is 0 Å². The summed E-state index contributed by atoms with van der Waals surface area (Å²) in [4.78, 5) is 8.67. The zero-order valence-corrected chi connectivity index (χ0v) is 12.2. The number of halogens is 1. The Labute approximate surface area is 121 Å². The van der Waals surface area contributed by atoms with Gasteiger partial charge in [0.15, 0.2) is 0 Å². The van der Waals surface area contributed by atoms with E-state index in [1.807, 2.05) is 37.4 Å². The molecule has 2 rings (SSSR count). The molecule has 6 heteroatoms. The first-order valence-electron chi connectivity index (χ1n) is 6.02. The van der Waals surface area contributed by atoms with Crippen LogP contribution in [-0.2, 0) is 0 Å². The standard InChI is InChI=1S/C13H16BrN5/c1-15-7-8-16-12-11(14)9-17-13(19-12)18-10-5-3-2-4-6-10/h2-6,9,15H,7-8H2,1H3,(H2,16,17,18,19). The van der Waals surface area contributed by atoms with Crippen LogP contribution >= 0.6 is 15.9 Å². The molecule has 100 valence electrons. The smallest absolute Gasteiger partial charge is 0.229 e. The van der Waals surface area contributed by atoms with Crippen LogP contribution in [0, 0.1) is 0 Å². The third kappa shape index (κ3) is 4.18. The summed E-state index contributed by atoms with van der Waals surface area (Å²) < 4.78 is 0.849. The molecule has 0 spiro atoms. The number of hydrogen-bond acceptors (Lipinski definition) is 5. The highest BCUT2D eigenvalue weighted by atomic mass is 79.9. The van der Waals surface area contributed by atoms with Gasteiger partial charge in [0, 0.05) is 25.0 Å². The third-order valence-corrected chi connectivity index (χ3v) is 3.02. The SMILES string of the molecule is CNCCNc1nc(Nc2ccccc2)ncc1Br. The molecule has 0 bridgehead atoms. The summed E-state index contributed by atoms with van der Waals surface area (Å²) in [5, 5.41) is 9.48.